The predicted octanol–water partition coefficient (Wildman–Crippen LogP) is 4.20. The predicted molar refractivity (Wildman–Crippen MR) is 117 cm³/mol. The molecule has 29 heavy (non-hydrogen) atoms. The van der Waals surface area contributed by atoms with Gasteiger partial charge in [0.2, 0.25) is 15.9 Å². The summed E-state index contributed by atoms with van der Waals surface area (Å²) in [6.07, 6.45) is 0.0845. The van der Waals surface area contributed by atoms with Crippen molar-refractivity contribution < 1.29 is 13.2 Å². The van der Waals surface area contributed by atoms with Crippen LogP contribution < -0.4 is 5.32 Å². The molecule has 2 aromatic carbocycles. The number of rotatable bonds is 6. The Labute approximate surface area is 179 Å². The fourth-order valence-electron chi connectivity index (χ4n) is 2.61. The number of thiazole rings is 1. The molecule has 0 aliphatic rings. The zero-order valence-corrected chi connectivity index (χ0v) is 18.5. The summed E-state index contributed by atoms with van der Waals surface area (Å²) in [5, 5.41) is 6.03. The minimum atomic E-state index is -3.58. The van der Waals surface area contributed by atoms with Crippen molar-refractivity contribution in [1.29, 1.82) is 0 Å². The lowest BCUT2D eigenvalue weighted by Crippen LogP contribution is -2.22. The van der Waals surface area contributed by atoms with Crippen LogP contribution in [0.1, 0.15) is 11.3 Å². The van der Waals surface area contributed by atoms with Gasteiger partial charge in [0.05, 0.1) is 17.0 Å². The van der Waals surface area contributed by atoms with E-state index < -0.39 is 10.0 Å². The van der Waals surface area contributed by atoms with Crippen LogP contribution in [0.4, 0.5) is 5.69 Å². The molecule has 0 unspecified atom stereocenters. The smallest absolute Gasteiger partial charge is 0.242 e. The number of aromatic nitrogens is 1. The minimum Gasteiger partial charge on any atom is -0.325 e. The molecule has 3 aromatic rings. The first-order valence-corrected chi connectivity index (χ1v) is 11.4. The van der Waals surface area contributed by atoms with Crippen molar-refractivity contribution in [3.05, 3.63) is 64.1 Å². The Morgan fingerprint density at radius 1 is 1.21 bits per heavy atom. The van der Waals surface area contributed by atoms with E-state index in [4.69, 9.17) is 11.6 Å². The molecule has 0 bridgehead atoms. The molecular weight excluding hydrogens is 430 g/mol. The van der Waals surface area contributed by atoms with Crippen LogP contribution >= 0.6 is 22.9 Å². The first kappa shape index (κ1) is 21.4. The van der Waals surface area contributed by atoms with E-state index in [-0.39, 0.29) is 17.2 Å². The van der Waals surface area contributed by atoms with Crippen LogP contribution in [0, 0.1) is 6.92 Å². The molecule has 3 rings (SSSR count). The van der Waals surface area contributed by atoms with Crippen molar-refractivity contribution in [3.8, 4) is 10.6 Å². The number of nitrogens with one attached hydrogen (secondary N) is 1. The fourth-order valence-corrected chi connectivity index (χ4v) is 4.54. The van der Waals surface area contributed by atoms with E-state index >= 15 is 0 Å². The van der Waals surface area contributed by atoms with Gasteiger partial charge in [-0.05, 0) is 36.8 Å². The Morgan fingerprint density at radius 2 is 1.97 bits per heavy atom. The minimum absolute atomic E-state index is 0.0845. The van der Waals surface area contributed by atoms with Gasteiger partial charge in [0.1, 0.15) is 5.01 Å². The van der Waals surface area contributed by atoms with E-state index in [1.54, 1.807) is 12.1 Å². The van der Waals surface area contributed by atoms with E-state index in [9.17, 15) is 13.2 Å². The second-order valence-electron chi connectivity index (χ2n) is 6.64. The van der Waals surface area contributed by atoms with E-state index in [2.05, 4.69) is 10.3 Å². The maximum atomic E-state index is 12.5. The molecule has 6 nitrogen and oxygen atoms in total. The topological polar surface area (TPSA) is 79.4 Å². The number of benzene rings is 2. The number of aryl methyl sites for hydroxylation is 1. The Bertz CT molecular complexity index is 1160. The molecule has 0 aliphatic carbocycles. The average molecular weight is 450 g/mol. The monoisotopic (exact) mass is 449 g/mol. The number of sulfonamides is 1. The van der Waals surface area contributed by atoms with Crippen molar-refractivity contribution in [2.75, 3.05) is 19.4 Å². The Kier molecular flexibility index (Phi) is 6.38. The third kappa shape index (κ3) is 5.02. The standard InChI is InChI=1S/C20H20ClN3O3S2/c1-13-7-8-17(29(26,27)24(2)3)11-18(13)23-19(25)10-16-12-28-20(22-16)14-5-4-6-15(21)9-14/h4-9,11-12H,10H2,1-3H3,(H,23,25). The Balaban J connectivity index is 1.75. The number of anilines is 1. The van der Waals surface area contributed by atoms with Gasteiger partial charge in [0.25, 0.3) is 0 Å². The van der Waals surface area contributed by atoms with Crippen LogP contribution in [0.15, 0.2) is 52.7 Å². The van der Waals surface area contributed by atoms with Gasteiger partial charge in [-0.3, -0.25) is 4.79 Å². The van der Waals surface area contributed by atoms with Gasteiger partial charge in [-0.2, -0.15) is 0 Å². The van der Waals surface area contributed by atoms with Gasteiger partial charge in [-0.1, -0.05) is 29.8 Å². The summed E-state index contributed by atoms with van der Waals surface area (Å²) in [6.45, 7) is 1.81. The summed E-state index contributed by atoms with van der Waals surface area (Å²) in [4.78, 5) is 17.1. The molecule has 0 saturated carbocycles. The number of amides is 1. The first-order chi connectivity index (χ1) is 13.7. The molecule has 0 spiro atoms. The van der Waals surface area contributed by atoms with Crippen molar-refractivity contribution in [2.24, 2.45) is 0 Å². The Hall–Kier alpha value is -2.26. The van der Waals surface area contributed by atoms with Crippen LogP contribution in [-0.4, -0.2) is 37.7 Å². The quantitative estimate of drug-likeness (QED) is 0.611. The highest BCUT2D eigenvalue weighted by molar-refractivity contribution is 7.89. The third-order valence-corrected chi connectivity index (χ3v) is 7.21. The fraction of sp³-hybridized carbons (Fsp3) is 0.200. The largest absolute Gasteiger partial charge is 0.325 e. The average Bonchev–Trinajstić information content (AvgIpc) is 3.11. The van der Waals surface area contributed by atoms with Gasteiger partial charge < -0.3 is 5.32 Å². The molecule has 1 heterocycles. The summed E-state index contributed by atoms with van der Waals surface area (Å²) >= 11 is 7.46. The highest BCUT2D eigenvalue weighted by Crippen LogP contribution is 2.27. The SMILES string of the molecule is Cc1ccc(S(=O)(=O)N(C)C)cc1NC(=O)Cc1csc(-c2cccc(Cl)c2)n1. The highest BCUT2D eigenvalue weighted by Gasteiger charge is 2.19. The van der Waals surface area contributed by atoms with E-state index in [1.807, 2.05) is 30.5 Å². The number of carbonyl (C=O) groups is 1. The maximum Gasteiger partial charge on any atom is 0.242 e. The summed E-state index contributed by atoms with van der Waals surface area (Å²) < 4.78 is 25.8. The van der Waals surface area contributed by atoms with Crippen LogP contribution in [0.25, 0.3) is 10.6 Å². The summed E-state index contributed by atoms with van der Waals surface area (Å²) in [7, 11) is -0.650. The van der Waals surface area contributed by atoms with Crippen molar-refractivity contribution in [3.63, 3.8) is 0 Å². The highest BCUT2D eigenvalue weighted by atomic mass is 35.5. The van der Waals surface area contributed by atoms with Crippen molar-refractivity contribution in [1.82, 2.24) is 9.29 Å². The molecule has 1 N–H and O–H groups in total. The molecule has 0 saturated heterocycles. The van der Waals surface area contributed by atoms with Crippen LogP contribution in [0.5, 0.6) is 0 Å². The normalized spacial score (nSPS) is 11.6. The second kappa shape index (κ2) is 8.62. The maximum absolute atomic E-state index is 12.5. The second-order valence-corrected chi connectivity index (χ2v) is 10.1. The number of carbonyl (C=O) groups excluding carboxylic acids is 1. The van der Waals surface area contributed by atoms with Gasteiger partial charge in [0, 0.05) is 35.7 Å². The molecule has 0 atom stereocenters. The number of hydrogen-bond donors (Lipinski definition) is 1. The van der Waals surface area contributed by atoms with E-state index in [1.165, 1.54) is 37.6 Å². The van der Waals surface area contributed by atoms with Gasteiger partial charge >= 0.3 is 0 Å². The van der Waals surface area contributed by atoms with Crippen LogP contribution in [0.3, 0.4) is 0 Å². The molecule has 1 amide bonds. The van der Waals surface area contributed by atoms with Gasteiger partial charge in [-0.25, -0.2) is 17.7 Å². The lowest BCUT2D eigenvalue weighted by atomic mass is 10.2. The summed E-state index contributed by atoms with van der Waals surface area (Å²) in [5.74, 6) is -0.268. The van der Waals surface area contributed by atoms with E-state index in [0.29, 0.717) is 16.4 Å². The number of hydrogen-bond acceptors (Lipinski definition) is 5. The molecule has 1 aromatic heterocycles. The number of nitrogens with zero attached hydrogens (tertiary/aromatic N) is 2. The molecule has 0 aliphatic heterocycles. The lowest BCUT2D eigenvalue weighted by molar-refractivity contribution is -0.115. The van der Waals surface area contributed by atoms with E-state index in [0.717, 1.165) is 20.4 Å². The molecular formula is C20H20ClN3O3S2. The zero-order valence-electron chi connectivity index (χ0n) is 16.1. The number of halogens is 1. The third-order valence-electron chi connectivity index (χ3n) is 4.23. The first-order valence-electron chi connectivity index (χ1n) is 8.70. The van der Waals surface area contributed by atoms with Crippen LogP contribution in [0.2, 0.25) is 5.02 Å². The molecule has 9 heteroatoms. The van der Waals surface area contributed by atoms with Crippen molar-refractivity contribution in [2.45, 2.75) is 18.2 Å². The Morgan fingerprint density at radius 3 is 2.66 bits per heavy atom. The lowest BCUT2D eigenvalue weighted by Gasteiger charge is -2.14. The zero-order chi connectivity index (χ0) is 21.2. The van der Waals surface area contributed by atoms with Crippen LogP contribution in [-0.2, 0) is 21.2 Å². The van der Waals surface area contributed by atoms with Gasteiger partial charge in [0.15, 0.2) is 0 Å². The molecule has 0 radical (unpaired) electrons. The van der Waals surface area contributed by atoms with Gasteiger partial charge in [-0.15, -0.1) is 11.3 Å². The summed E-state index contributed by atoms with van der Waals surface area (Å²) in [6, 6.07) is 12.0. The molecule has 152 valence electrons. The summed E-state index contributed by atoms with van der Waals surface area (Å²) in [5.41, 5.74) is 2.76. The van der Waals surface area contributed by atoms with Crippen molar-refractivity contribution >= 4 is 44.6 Å². The molecule has 0 fully saturated rings.